The molecule has 5 rings (SSSR count). The van der Waals surface area contributed by atoms with Gasteiger partial charge in [0.15, 0.2) is 11.6 Å². The number of para-hydroxylation sites is 1. The van der Waals surface area contributed by atoms with Crippen molar-refractivity contribution < 1.29 is 4.79 Å². The smallest absolute Gasteiger partial charge is 0.199 e. The lowest BCUT2D eigenvalue weighted by atomic mass is 9.75. The van der Waals surface area contributed by atoms with Crippen LogP contribution in [0.5, 0.6) is 0 Å². The third kappa shape index (κ3) is 3.12. The van der Waals surface area contributed by atoms with Crippen molar-refractivity contribution in [2.24, 2.45) is 5.41 Å². The lowest BCUT2D eigenvalue weighted by molar-refractivity contribution is 0.0910. The maximum atomic E-state index is 12.5. The third-order valence-electron chi connectivity index (χ3n) is 5.12. The number of hydrogen-bond donors (Lipinski definition) is 1. The lowest BCUT2D eigenvalue weighted by Gasteiger charge is -2.29. The number of ketones is 1. The first-order chi connectivity index (χ1) is 14.0. The number of benzene rings is 1. The number of fused-ring (bicyclic) bond motifs is 1. The summed E-state index contributed by atoms with van der Waals surface area (Å²) in [5.74, 6) is 0.635. The number of hydrogen-bond acceptors (Lipinski definition) is 6. The minimum atomic E-state index is -0.0912. The van der Waals surface area contributed by atoms with Gasteiger partial charge in [0, 0.05) is 12.0 Å². The van der Waals surface area contributed by atoms with E-state index >= 15 is 0 Å². The van der Waals surface area contributed by atoms with Crippen LogP contribution in [-0.4, -0.2) is 41.2 Å². The molecule has 8 nitrogen and oxygen atoms in total. The van der Waals surface area contributed by atoms with Crippen LogP contribution in [0.15, 0.2) is 48.5 Å². The molecule has 0 saturated heterocycles. The van der Waals surface area contributed by atoms with Gasteiger partial charge < -0.3 is 0 Å². The van der Waals surface area contributed by atoms with Crippen LogP contribution in [0.1, 0.15) is 36.3 Å². The van der Waals surface area contributed by atoms with Gasteiger partial charge in [-0.2, -0.15) is 5.10 Å². The second-order valence-electron chi connectivity index (χ2n) is 8.04. The molecule has 3 aromatic heterocycles. The summed E-state index contributed by atoms with van der Waals surface area (Å²) in [7, 11) is 0. The van der Waals surface area contributed by atoms with Gasteiger partial charge in [0.1, 0.15) is 5.69 Å². The third-order valence-corrected chi connectivity index (χ3v) is 5.12. The Balaban J connectivity index is 1.67. The van der Waals surface area contributed by atoms with E-state index in [1.165, 1.54) is 0 Å². The first-order valence-corrected chi connectivity index (χ1v) is 9.43. The zero-order chi connectivity index (χ0) is 20.0. The monoisotopic (exact) mass is 385 g/mol. The Labute approximate surface area is 167 Å². The van der Waals surface area contributed by atoms with E-state index in [1.54, 1.807) is 0 Å². The van der Waals surface area contributed by atoms with Gasteiger partial charge in [-0.1, -0.05) is 32.0 Å². The van der Waals surface area contributed by atoms with Crippen molar-refractivity contribution in [3.05, 3.63) is 59.8 Å². The van der Waals surface area contributed by atoms with Crippen molar-refractivity contribution in [2.45, 2.75) is 26.7 Å². The molecule has 0 fully saturated rings. The normalized spacial score (nSPS) is 15.3. The van der Waals surface area contributed by atoms with Crippen molar-refractivity contribution >= 4 is 5.78 Å². The summed E-state index contributed by atoms with van der Waals surface area (Å²) in [6.45, 7) is 4.21. The molecule has 0 spiro atoms. The fourth-order valence-electron chi connectivity index (χ4n) is 3.79. The van der Waals surface area contributed by atoms with Gasteiger partial charge in [0.25, 0.3) is 0 Å². The highest BCUT2D eigenvalue weighted by atomic mass is 16.1. The largest absolute Gasteiger partial charge is 0.294 e. The Kier molecular flexibility index (Phi) is 3.87. The van der Waals surface area contributed by atoms with Crippen molar-refractivity contribution in [1.29, 1.82) is 0 Å². The van der Waals surface area contributed by atoms with Crippen LogP contribution in [0.25, 0.3) is 28.6 Å². The number of H-pyrrole nitrogens is 1. The van der Waals surface area contributed by atoms with Gasteiger partial charge in [0.05, 0.1) is 22.8 Å². The van der Waals surface area contributed by atoms with E-state index in [2.05, 4.69) is 34.5 Å². The minimum Gasteiger partial charge on any atom is -0.294 e. The van der Waals surface area contributed by atoms with E-state index in [1.807, 2.05) is 53.2 Å². The van der Waals surface area contributed by atoms with Crippen LogP contribution in [0.2, 0.25) is 0 Å². The number of pyridine rings is 1. The number of nitrogens with one attached hydrogen (secondary N) is 1. The second kappa shape index (κ2) is 6.44. The van der Waals surface area contributed by atoms with Crippen LogP contribution in [0.4, 0.5) is 0 Å². The summed E-state index contributed by atoms with van der Waals surface area (Å²) in [5.41, 5.74) is 4.55. The van der Waals surface area contributed by atoms with Gasteiger partial charge in [0.2, 0.25) is 0 Å². The van der Waals surface area contributed by atoms with Crippen molar-refractivity contribution in [2.75, 3.05) is 0 Å². The number of nitrogens with zero attached hydrogens (tertiary/aromatic N) is 6. The zero-order valence-corrected chi connectivity index (χ0v) is 16.1. The van der Waals surface area contributed by atoms with Gasteiger partial charge >= 0.3 is 0 Å². The molecule has 1 aromatic carbocycles. The maximum Gasteiger partial charge on any atom is 0.199 e. The summed E-state index contributed by atoms with van der Waals surface area (Å²) < 4.78 is 1.82. The molecule has 1 aliphatic carbocycles. The predicted molar refractivity (Wildman–Crippen MR) is 106 cm³/mol. The van der Waals surface area contributed by atoms with Crippen molar-refractivity contribution in [1.82, 2.24) is 35.4 Å². The first-order valence-electron chi connectivity index (χ1n) is 9.43. The summed E-state index contributed by atoms with van der Waals surface area (Å²) >= 11 is 0. The fourth-order valence-corrected chi connectivity index (χ4v) is 3.79. The van der Waals surface area contributed by atoms with Crippen LogP contribution in [-0.2, 0) is 6.42 Å². The maximum absolute atomic E-state index is 12.5. The summed E-state index contributed by atoms with van der Waals surface area (Å²) in [6.07, 6.45) is 1.31. The molecule has 3 heterocycles. The van der Waals surface area contributed by atoms with Crippen molar-refractivity contribution in [3.63, 3.8) is 0 Å². The van der Waals surface area contributed by atoms with Gasteiger partial charge in [-0.15, -0.1) is 5.10 Å². The summed E-state index contributed by atoms with van der Waals surface area (Å²) in [4.78, 5) is 17.4. The molecule has 0 unspecified atom stereocenters. The first kappa shape index (κ1) is 17.4. The standard InChI is InChI=1S/C21H19N7O/c1-21(2)11-17-14(19(29)12-21)8-9-15(22-17)18-10-16(20-23-26-27-24-20)25-28(18)13-6-4-3-5-7-13/h3-10H,11-12H2,1-2H3,(H,23,24,26,27). The predicted octanol–water partition coefficient (Wildman–Crippen LogP) is 3.27. The molecule has 0 saturated carbocycles. The highest BCUT2D eigenvalue weighted by Crippen LogP contribution is 2.35. The van der Waals surface area contributed by atoms with E-state index in [0.717, 1.165) is 34.8 Å². The Morgan fingerprint density at radius 1 is 1.03 bits per heavy atom. The van der Waals surface area contributed by atoms with E-state index < -0.39 is 0 Å². The van der Waals surface area contributed by atoms with Crippen LogP contribution < -0.4 is 0 Å². The Morgan fingerprint density at radius 2 is 1.86 bits per heavy atom. The van der Waals surface area contributed by atoms with Gasteiger partial charge in [-0.05, 0) is 52.6 Å². The number of carbonyl (C=O) groups is 1. The molecule has 0 aliphatic heterocycles. The molecular formula is C21H19N7O. The van der Waals surface area contributed by atoms with Gasteiger partial charge in [-0.25, -0.2) is 9.78 Å². The Bertz CT molecular complexity index is 1190. The Hall–Kier alpha value is -3.68. The summed E-state index contributed by atoms with van der Waals surface area (Å²) in [6, 6.07) is 15.5. The molecule has 0 bridgehead atoms. The zero-order valence-electron chi connectivity index (χ0n) is 16.1. The molecular weight excluding hydrogens is 366 g/mol. The molecule has 144 valence electrons. The molecule has 1 aliphatic rings. The second-order valence-corrected chi connectivity index (χ2v) is 8.04. The molecule has 0 atom stereocenters. The fraction of sp³-hybridized carbons (Fsp3) is 0.238. The SMILES string of the molecule is CC1(C)CC(=O)c2ccc(-c3cc(-c4nnn[nH]4)nn3-c3ccccc3)nc2C1. The molecule has 0 amide bonds. The number of carbonyl (C=O) groups excluding carboxylic acids is 1. The number of rotatable bonds is 3. The van der Waals surface area contributed by atoms with E-state index in [-0.39, 0.29) is 11.2 Å². The average Bonchev–Trinajstić information content (AvgIpc) is 3.37. The van der Waals surface area contributed by atoms with Crippen LogP contribution in [0.3, 0.4) is 0 Å². The Morgan fingerprint density at radius 3 is 2.62 bits per heavy atom. The number of Topliss-reactive ketones (excluding diaryl/α,β-unsaturated/α-hetero) is 1. The molecule has 1 N–H and O–H groups in total. The number of aromatic nitrogens is 7. The van der Waals surface area contributed by atoms with E-state index in [9.17, 15) is 4.79 Å². The van der Waals surface area contributed by atoms with E-state index in [4.69, 9.17) is 10.1 Å². The number of aromatic amines is 1. The van der Waals surface area contributed by atoms with Crippen LogP contribution in [0, 0.1) is 5.41 Å². The molecule has 4 aromatic rings. The van der Waals surface area contributed by atoms with E-state index in [0.29, 0.717) is 17.9 Å². The quantitative estimate of drug-likeness (QED) is 0.581. The topological polar surface area (TPSA) is 102 Å². The molecule has 8 heteroatoms. The minimum absolute atomic E-state index is 0.0912. The molecule has 29 heavy (non-hydrogen) atoms. The highest BCUT2D eigenvalue weighted by Gasteiger charge is 2.32. The van der Waals surface area contributed by atoms with Gasteiger partial charge in [-0.3, -0.25) is 9.78 Å². The number of tetrazole rings is 1. The van der Waals surface area contributed by atoms with Crippen LogP contribution >= 0.6 is 0 Å². The highest BCUT2D eigenvalue weighted by molar-refractivity contribution is 5.98. The lowest BCUT2D eigenvalue weighted by Crippen LogP contribution is -2.28. The average molecular weight is 385 g/mol. The summed E-state index contributed by atoms with van der Waals surface area (Å²) in [5, 5.41) is 18.7. The molecule has 0 radical (unpaired) electrons. The van der Waals surface area contributed by atoms with Crippen molar-refractivity contribution in [3.8, 4) is 28.6 Å².